The first kappa shape index (κ1) is 12.9. The van der Waals surface area contributed by atoms with Crippen molar-refractivity contribution in [3.05, 3.63) is 16.0 Å². The van der Waals surface area contributed by atoms with Crippen molar-refractivity contribution in [2.24, 2.45) is 0 Å². The van der Waals surface area contributed by atoms with Crippen LogP contribution < -0.4 is 5.73 Å². The zero-order valence-electron chi connectivity index (χ0n) is 11.4. The van der Waals surface area contributed by atoms with Crippen molar-refractivity contribution in [3.63, 3.8) is 0 Å². The number of hydrogen-bond acceptors (Lipinski definition) is 4. The predicted octanol–water partition coefficient (Wildman–Crippen LogP) is 2.59. The molecule has 4 nitrogen and oxygen atoms in total. The number of nitrogens with two attached hydrogens (primary N) is 1. The van der Waals surface area contributed by atoms with Gasteiger partial charge in [0.2, 0.25) is 0 Å². The molecule has 0 bridgehead atoms. The van der Waals surface area contributed by atoms with Gasteiger partial charge in [0.05, 0.1) is 22.8 Å². The van der Waals surface area contributed by atoms with Gasteiger partial charge in [0.1, 0.15) is 0 Å². The first-order chi connectivity index (χ1) is 9.08. The minimum Gasteiger partial charge on any atom is -0.390 e. The zero-order valence-corrected chi connectivity index (χ0v) is 12.3. The van der Waals surface area contributed by atoms with Crippen LogP contribution in [0.2, 0.25) is 0 Å². The first-order valence-corrected chi connectivity index (χ1v) is 7.75. The molecular weight excluding hydrogens is 260 g/mol. The van der Waals surface area contributed by atoms with Crippen LogP contribution in [0.1, 0.15) is 53.6 Å². The summed E-state index contributed by atoms with van der Waals surface area (Å²) in [4.78, 5) is 15.7. The third-order valence-electron chi connectivity index (χ3n) is 3.97. The van der Waals surface area contributed by atoms with Crippen LogP contribution in [0.4, 0.5) is 5.00 Å². The van der Waals surface area contributed by atoms with Gasteiger partial charge in [-0.1, -0.05) is 0 Å². The molecule has 1 saturated heterocycles. The summed E-state index contributed by atoms with van der Waals surface area (Å²) in [6, 6.07) is 0. The van der Waals surface area contributed by atoms with E-state index in [0.717, 1.165) is 48.4 Å². The van der Waals surface area contributed by atoms with Gasteiger partial charge in [-0.25, -0.2) is 0 Å². The number of nitrogens with zero attached hydrogens (tertiary/aromatic N) is 1. The summed E-state index contributed by atoms with van der Waals surface area (Å²) in [6.45, 7) is 5.82. The number of carbonyl (C=O) groups is 1. The van der Waals surface area contributed by atoms with E-state index in [4.69, 9.17) is 10.5 Å². The van der Waals surface area contributed by atoms with Crippen LogP contribution in [0, 0.1) is 0 Å². The van der Waals surface area contributed by atoms with Gasteiger partial charge in [-0.05, 0) is 32.3 Å². The Bertz CT molecular complexity index is 506. The summed E-state index contributed by atoms with van der Waals surface area (Å²) in [7, 11) is 0. The number of fused-ring (bicyclic) bond motifs is 1. The number of ether oxygens (including phenoxy) is 1. The summed E-state index contributed by atoms with van der Waals surface area (Å²) in [5, 5.41) is 0.659. The van der Waals surface area contributed by atoms with Crippen molar-refractivity contribution in [1.29, 1.82) is 0 Å². The largest absolute Gasteiger partial charge is 0.390 e. The molecule has 2 unspecified atom stereocenters. The third-order valence-corrected chi connectivity index (χ3v) is 5.19. The van der Waals surface area contributed by atoms with Crippen molar-refractivity contribution >= 4 is 22.2 Å². The number of amides is 1. The Kier molecular flexibility index (Phi) is 3.27. The van der Waals surface area contributed by atoms with Gasteiger partial charge in [0.25, 0.3) is 5.91 Å². The number of rotatable bonds is 1. The Labute approximate surface area is 117 Å². The fraction of sp³-hybridized carbons (Fsp3) is 0.643. The standard InChI is InChI=1S/C14H20N2O2S/c1-8-7-10-11(14(17)16-5-3-4-6-16)13(15)19-12(10)9(2)18-8/h8-9H,3-7,15H2,1-2H3. The molecule has 5 heteroatoms. The maximum absolute atomic E-state index is 12.6. The molecule has 2 N–H and O–H groups in total. The highest BCUT2D eigenvalue weighted by Crippen LogP contribution is 2.41. The van der Waals surface area contributed by atoms with Crippen LogP contribution in [0.3, 0.4) is 0 Å². The zero-order chi connectivity index (χ0) is 13.6. The second-order valence-electron chi connectivity index (χ2n) is 5.48. The Balaban J connectivity index is 1.99. The average molecular weight is 280 g/mol. The fourth-order valence-electron chi connectivity index (χ4n) is 3.09. The van der Waals surface area contributed by atoms with Crippen molar-refractivity contribution in [1.82, 2.24) is 4.90 Å². The molecule has 2 aliphatic heterocycles. The van der Waals surface area contributed by atoms with Gasteiger partial charge in [0, 0.05) is 24.4 Å². The summed E-state index contributed by atoms with van der Waals surface area (Å²) in [5.74, 6) is 0.119. The molecule has 3 heterocycles. The van der Waals surface area contributed by atoms with Gasteiger partial charge in [-0.2, -0.15) is 0 Å². The van der Waals surface area contributed by atoms with Gasteiger partial charge >= 0.3 is 0 Å². The van der Waals surface area contributed by atoms with E-state index in [0.29, 0.717) is 5.00 Å². The predicted molar refractivity (Wildman–Crippen MR) is 76.5 cm³/mol. The highest BCUT2D eigenvalue weighted by Gasteiger charge is 2.33. The molecule has 1 aromatic rings. The summed E-state index contributed by atoms with van der Waals surface area (Å²) in [5.41, 5.74) is 8.00. The highest BCUT2D eigenvalue weighted by atomic mass is 32.1. The maximum atomic E-state index is 12.6. The van der Waals surface area contributed by atoms with E-state index in [9.17, 15) is 4.79 Å². The maximum Gasteiger partial charge on any atom is 0.257 e. The molecule has 1 amide bonds. The molecule has 0 aliphatic carbocycles. The first-order valence-electron chi connectivity index (χ1n) is 6.93. The van der Waals surface area contributed by atoms with E-state index < -0.39 is 0 Å². The van der Waals surface area contributed by atoms with E-state index in [1.807, 2.05) is 11.8 Å². The third kappa shape index (κ3) is 2.15. The van der Waals surface area contributed by atoms with Crippen LogP contribution >= 0.6 is 11.3 Å². The fourth-order valence-corrected chi connectivity index (χ4v) is 4.17. The molecule has 0 radical (unpaired) electrons. The quantitative estimate of drug-likeness (QED) is 0.860. The Hall–Kier alpha value is -1.07. The number of thiophene rings is 1. The number of likely N-dealkylation sites (tertiary alicyclic amines) is 1. The normalized spacial score (nSPS) is 26.5. The molecule has 1 aromatic heterocycles. The molecule has 2 atom stereocenters. The molecule has 0 spiro atoms. The topological polar surface area (TPSA) is 55.6 Å². The molecule has 3 rings (SSSR count). The Morgan fingerprint density at radius 1 is 1.37 bits per heavy atom. The van der Waals surface area contributed by atoms with Crippen molar-refractivity contribution in [3.8, 4) is 0 Å². The second kappa shape index (κ2) is 4.80. The van der Waals surface area contributed by atoms with Crippen LogP contribution in [0.25, 0.3) is 0 Å². The minimum atomic E-state index is 0.0474. The number of anilines is 1. The van der Waals surface area contributed by atoms with Crippen LogP contribution in [-0.4, -0.2) is 30.0 Å². The smallest absolute Gasteiger partial charge is 0.257 e. The number of nitrogen functional groups attached to an aromatic ring is 1. The van der Waals surface area contributed by atoms with Crippen molar-refractivity contribution < 1.29 is 9.53 Å². The molecule has 0 aromatic carbocycles. The van der Waals surface area contributed by atoms with E-state index in [2.05, 4.69) is 6.92 Å². The number of hydrogen-bond donors (Lipinski definition) is 1. The molecule has 0 saturated carbocycles. The average Bonchev–Trinajstić information content (AvgIpc) is 2.95. The van der Waals surface area contributed by atoms with E-state index in [1.54, 1.807) is 0 Å². The second-order valence-corrected chi connectivity index (χ2v) is 6.56. The Morgan fingerprint density at radius 2 is 2.05 bits per heavy atom. The lowest BCUT2D eigenvalue weighted by atomic mass is 9.98. The lowest BCUT2D eigenvalue weighted by molar-refractivity contribution is -0.00234. The van der Waals surface area contributed by atoms with Gasteiger partial charge in [-0.3, -0.25) is 4.79 Å². The lowest BCUT2D eigenvalue weighted by Gasteiger charge is -2.26. The van der Waals surface area contributed by atoms with Crippen LogP contribution in [-0.2, 0) is 11.2 Å². The summed E-state index contributed by atoms with van der Waals surface area (Å²) >= 11 is 1.52. The number of carbonyl (C=O) groups excluding carboxylic acids is 1. The summed E-state index contributed by atoms with van der Waals surface area (Å²) in [6.07, 6.45) is 3.21. The van der Waals surface area contributed by atoms with Gasteiger partial charge in [-0.15, -0.1) is 11.3 Å². The minimum absolute atomic E-state index is 0.0474. The Morgan fingerprint density at radius 3 is 2.74 bits per heavy atom. The SMILES string of the molecule is CC1Cc2c(sc(N)c2C(=O)N2CCCC2)C(C)O1. The highest BCUT2D eigenvalue weighted by molar-refractivity contribution is 7.16. The molecular formula is C14H20N2O2S. The van der Waals surface area contributed by atoms with Crippen LogP contribution in [0.15, 0.2) is 0 Å². The van der Waals surface area contributed by atoms with Crippen molar-refractivity contribution in [2.75, 3.05) is 18.8 Å². The lowest BCUT2D eigenvalue weighted by Crippen LogP contribution is -2.30. The van der Waals surface area contributed by atoms with E-state index in [1.165, 1.54) is 11.3 Å². The van der Waals surface area contributed by atoms with E-state index >= 15 is 0 Å². The molecule has 104 valence electrons. The molecule has 2 aliphatic rings. The molecule has 19 heavy (non-hydrogen) atoms. The van der Waals surface area contributed by atoms with Crippen LogP contribution in [0.5, 0.6) is 0 Å². The van der Waals surface area contributed by atoms with E-state index in [-0.39, 0.29) is 18.1 Å². The van der Waals surface area contributed by atoms with Crippen molar-refractivity contribution in [2.45, 2.75) is 45.3 Å². The monoisotopic (exact) mass is 280 g/mol. The molecule has 1 fully saturated rings. The van der Waals surface area contributed by atoms with Gasteiger partial charge in [0.15, 0.2) is 0 Å². The summed E-state index contributed by atoms with van der Waals surface area (Å²) < 4.78 is 5.82. The van der Waals surface area contributed by atoms with Gasteiger partial charge < -0.3 is 15.4 Å².